The Morgan fingerprint density at radius 1 is 1.00 bits per heavy atom. The number of hydrogen-bond donors (Lipinski definition) is 3. The van der Waals surface area contributed by atoms with Crippen LogP contribution in [-0.4, -0.2) is 93.1 Å². The predicted octanol–water partition coefficient (Wildman–Crippen LogP) is 1.54. The highest BCUT2D eigenvalue weighted by molar-refractivity contribution is 5.88. The lowest BCUT2D eigenvalue weighted by Crippen LogP contribution is -2.70. The van der Waals surface area contributed by atoms with Crippen molar-refractivity contribution < 1.29 is 58.2 Å². The summed E-state index contributed by atoms with van der Waals surface area (Å²) >= 11 is 0. The quantitative estimate of drug-likeness (QED) is 0.225. The lowest BCUT2D eigenvalue weighted by atomic mass is 9.41. The summed E-state index contributed by atoms with van der Waals surface area (Å²) in [6, 6.07) is 0. The molecular weight excluding hydrogens is 612 g/mol. The maximum atomic E-state index is 14.3. The molecule has 8 fully saturated rings. The Kier molecular flexibility index (Phi) is 6.39. The highest BCUT2D eigenvalue weighted by Crippen LogP contribution is 2.80. The van der Waals surface area contributed by atoms with Crippen LogP contribution in [0.5, 0.6) is 0 Å². The van der Waals surface area contributed by atoms with Crippen LogP contribution in [0.3, 0.4) is 0 Å². The summed E-state index contributed by atoms with van der Waals surface area (Å²) in [6.07, 6.45) is -4.61. The van der Waals surface area contributed by atoms with Gasteiger partial charge in [-0.15, -0.1) is 0 Å². The molecule has 3 aliphatic heterocycles. The SMILES string of the molecule is CC(=O)O[C@H]1C[C@H]2[C@H]([C@@H]3[C@@H](O)[C@@H]4[C@H]([C@H](C)[C@@H]5O[C@@]56OC(=O)[C@@](C)(O)[C@]46C)[C@]31C)[C@@H](O)C(=O)[C@H]1C[C@@H]3O[C@@H]3[C@H](OC(=O)CC(C)C)[C@@]12C. The van der Waals surface area contributed by atoms with E-state index in [2.05, 4.69) is 0 Å². The monoisotopic (exact) mass is 660 g/mol. The van der Waals surface area contributed by atoms with Crippen molar-refractivity contribution in [3.8, 4) is 0 Å². The second-order valence-electron chi connectivity index (χ2n) is 17.3. The summed E-state index contributed by atoms with van der Waals surface area (Å²) in [5.41, 5.74) is -5.39. The number of ketones is 1. The van der Waals surface area contributed by atoms with E-state index < -0.39 is 112 Å². The molecule has 3 heterocycles. The first-order valence-electron chi connectivity index (χ1n) is 17.4. The van der Waals surface area contributed by atoms with E-state index in [9.17, 15) is 34.5 Å². The molecule has 0 unspecified atom stereocenters. The molecule has 1 spiro atoms. The number of fused-ring (bicyclic) bond motifs is 9. The van der Waals surface area contributed by atoms with E-state index in [1.807, 2.05) is 34.6 Å². The number of aliphatic hydroxyl groups is 3. The summed E-state index contributed by atoms with van der Waals surface area (Å²) in [5.74, 6) is -7.75. The zero-order valence-electron chi connectivity index (χ0n) is 28.3. The summed E-state index contributed by atoms with van der Waals surface area (Å²) < 4.78 is 30.4. The highest BCUT2D eigenvalue weighted by atomic mass is 16.8. The molecular formula is C35H48O12. The van der Waals surface area contributed by atoms with Gasteiger partial charge in [-0.3, -0.25) is 14.4 Å². The van der Waals surface area contributed by atoms with Crippen molar-refractivity contribution in [2.45, 2.75) is 129 Å². The Bertz CT molecular complexity index is 1460. The predicted molar refractivity (Wildman–Crippen MR) is 159 cm³/mol. The Hall–Kier alpha value is -2.12. The second-order valence-corrected chi connectivity index (χ2v) is 17.3. The van der Waals surface area contributed by atoms with Crippen molar-refractivity contribution in [1.29, 1.82) is 0 Å². The fraction of sp³-hybridized carbons (Fsp3) is 0.886. The van der Waals surface area contributed by atoms with Crippen LogP contribution in [0, 0.1) is 63.6 Å². The normalized spacial score (nSPS) is 59.3. The summed E-state index contributed by atoms with van der Waals surface area (Å²) in [6.45, 7) is 14.1. The van der Waals surface area contributed by atoms with Gasteiger partial charge in [0.15, 0.2) is 11.4 Å². The number of hydrogen-bond acceptors (Lipinski definition) is 12. The number of ether oxygens (including phenoxy) is 5. The van der Waals surface area contributed by atoms with E-state index in [1.165, 1.54) is 13.8 Å². The third-order valence-electron chi connectivity index (χ3n) is 15.0. The Morgan fingerprint density at radius 2 is 1.68 bits per heavy atom. The molecule has 0 amide bonds. The number of epoxide rings is 2. The minimum atomic E-state index is -2.01. The number of rotatable bonds is 4. The molecule has 12 nitrogen and oxygen atoms in total. The van der Waals surface area contributed by atoms with Gasteiger partial charge in [0.2, 0.25) is 5.79 Å². The molecule has 8 rings (SSSR count). The third-order valence-corrected chi connectivity index (χ3v) is 15.0. The summed E-state index contributed by atoms with van der Waals surface area (Å²) in [4.78, 5) is 53.6. The van der Waals surface area contributed by atoms with E-state index in [4.69, 9.17) is 23.7 Å². The van der Waals surface area contributed by atoms with Gasteiger partial charge >= 0.3 is 17.9 Å². The van der Waals surface area contributed by atoms with E-state index in [-0.39, 0.29) is 42.5 Å². The summed E-state index contributed by atoms with van der Waals surface area (Å²) in [5, 5.41) is 36.6. The van der Waals surface area contributed by atoms with Crippen LogP contribution < -0.4 is 0 Å². The number of carbonyl (C=O) groups is 4. The van der Waals surface area contributed by atoms with Crippen molar-refractivity contribution in [2.75, 3.05) is 0 Å². The number of carbonyl (C=O) groups excluding carboxylic acids is 4. The van der Waals surface area contributed by atoms with E-state index >= 15 is 0 Å². The molecule has 0 aromatic carbocycles. The molecule has 12 heteroatoms. The smallest absolute Gasteiger partial charge is 0.341 e. The van der Waals surface area contributed by atoms with E-state index in [0.717, 1.165) is 0 Å². The van der Waals surface area contributed by atoms with Crippen molar-refractivity contribution >= 4 is 23.7 Å². The van der Waals surface area contributed by atoms with Crippen LogP contribution >= 0.6 is 0 Å². The van der Waals surface area contributed by atoms with Gasteiger partial charge in [-0.05, 0) is 50.4 Å². The van der Waals surface area contributed by atoms with E-state index in [1.54, 1.807) is 6.92 Å². The fourth-order valence-electron chi connectivity index (χ4n) is 12.8. The van der Waals surface area contributed by atoms with Crippen LogP contribution in [0.15, 0.2) is 0 Å². The van der Waals surface area contributed by atoms with Crippen molar-refractivity contribution in [3.05, 3.63) is 0 Å². The van der Waals surface area contributed by atoms with Gasteiger partial charge in [0.1, 0.15) is 30.5 Å². The van der Waals surface area contributed by atoms with Gasteiger partial charge in [0.25, 0.3) is 0 Å². The Morgan fingerprint density at radius 3 is 2.32 bits per heavy atom. The molecule has 260 valence electrons. The highest BCUT2D eigenvalue weighted by Gasteiger charge is 2.92. The van der Waals surface area contributed by atoms with Gasteiger partial charge in [-0.2, -0.15) is 0 Å². The number of aliphatic hydroxyl groups excluding tert-OH is 2. The van der Waals surface area contributed by atoms with Crippen molar-refractivity contribution in [1.82, 2.24) is 0 Å². The lowest BCUT2D eigenvalue weighted by molar-refractivity contribution is -0.234. The minimum Gasteiger partial charge on any atom is -0.462 e. The molecule has 3 saturated heterocycles. The second kappa shape index (κ2) is 9.35. The molecule has 0 bridgehead atoms. The van der Waals surface area contributed by atoms with E-state index in [0.29, 0.717) is 6.42 Å². The van der Waals surface area contributed by atoms with Crippen LogP contribution in [0.25, 0.3) is 0 Å². The molecule has 0 aromatic heterocycles. The molecule has 19 atom stereocenters. The number of esters is 3. The zero-order chi connectivity index (χ0) is 34.1. The van der Waals surface area contributed by atoms with Gasteiger partial charge < -0.3 is 39.0 Å². The molecule has 8 aliphatic rings. The molecule has 47 heavy (non-hydrogen) atoms. The van der Waals surface area contributed by atoms with Gasteiger partial charge in [-0.1, -0.05) is 34.6 Å². The van der Waals surface area contributed by atoms with Crippen molar-refractivity contribution in [3.63, 3.8) is 0 Å². The average molecular weight is 661 g/mol. The maximum Gasteiger partial charge on any atom is 0.341 e. The molecule has 0 radical (unpaired) electrons. The largest absolute Gasteiger partial charge is 0.462 e. The minimum absolute atomic E-state index is 0.0550. The zero-order valence-corrected chi connectivity index (χ0v) is 28.3. The molecule has 5 saturated carbocycles. The molecule has 5 aliphatic carbocycles. The molecule has 0 aromatic rings. The van der Waals surface area contributed by atoms with Gasteiger partial charge in [0, 0.05) is 47.8 Å². The Labute approximate surface area is 274 Å². The Balaban J connectivity index is 1.28. The first kappa shape index (κ1) is 32.1. The fourth-order valence-corrected chi connectivity index (χ4v) is 12.8. The third kappa shape index (κ3) is 3.52. The molecule has 3 N–H and O–H groups in total. The van der Waals surface area contributed by atoms with Gasteiger partial charge in [-0.25, -0.2) is 4.79 Å². The first-order valence-corrected chi connectivity index (χ1v) is 17.4. The van der Waals surface area contributed by atoms with Crippen LogP contribution in [0.2, 0.25) is 0 Å². The standard InChI is InChI=1S/C35H48O12/c1-12(2)9-19(37)45-29-27-17(44-27)10-16-24(38)25(39)20-15(31(16,29)5)11-18(43-14(4)36)32(6)21-13(3)28-35(46-28)33(7,23(21)26(40)22(20)32)34(8,42)30(41)47-35/h12-13,15-18,20-23,25-29,39-40,42H,9-11H2,1-8H3/t13-,15-,16+,17-,18-,20+,21-,22+,23-,25+,26+,27-,28-,29-,31+,32+,33-,34+,35+/m0/s1. The lowest BCUT2D eigenvalue weighted by Gasteiger charge is -2.63. The maximum absolute atomic E-state index is 14.3. The van der Waals surface area contributed by atoms with Crippen LogP contribution in [0.1, 0.15) is 74.7 Å². The van der Waals surface area contributed by atoms with Gasteiger partial charge in [0.05, 0.1) is 17.6 Å². The van der Waals surface area contributed by atoms with Crippen LogP contribution in [-0.2, 0) is 42.9 Å². The van der Waals surface area contributed by atoms with Crippen LogP contribution in [0.4, 0.5) is 0 Å². The summed E-state index contributed by atoms with van der Waals surface area (Å²) in [7, 11) is 0. The van der Waals surface area contributed by atoms with Crippen molar-refractivity contribution in [2.24, 2.45) is 63.6 Å². The number of Topliss-reactive ketones (excluding diaryl/α,β-unsaturated/α-hetero) is 1. The first-order chi connectivity index (χ1) is 21.8. The topological polar surface area (TPSA) is 182 Å². The average Bonchev–Trinajstić information content (AvgIpc) is 3.87.